The lowest BCUT2D eigenvalue weighted by atomic mass is 9.80. The lowest BCUT2D eigenvalue weighted by molar-refractivity contribution is 0.467. The Morgan fingerprint density at radius 2 is 0.646 bits per heavy atom. The fourth-order valence-electron chi connectivity index (χ4n) is 6.87. The number of rotatable bonds is 8. The van der Waals surface area contributed by atoms with Crippen LogP contribution in [0, 0.1) is 0 Å². The fraction of sp³-hybridized carbons (Fsp3) is 0.136. The van der Waals surface area contributed by atoms with Gasteiger partial charge in [0.15, 0.2) is 0 Å². The quantitative estimate of drug-likeness (QED) is 0.165. The minimum Gasteiger partial charge on any atom is -0.508 e. The van der Waals surface area contributed by atoms with Gasteiger partial charge < -0.3 is 20.0 Å². The maximum Gasteiger partial charge on any atom is 0.120 e. The van der Waals surface area contributed by atoms with Gasteiger partial charge in [-0.2, -0.15) is 0 Å². The Morgan fingerprint density at radius 3 is 0.938 bits per heavy atom. The molecule has 4 heteroatoms. The van der Waals surface area contributed by atoms with E-state index >= 15 is 0 Å². The largest absolute Gasteiger partial charge is 0.508 e. The predicted octanol–water partition coefficient (Wildman–Crippen LogP) is 9.90. The van der Waals surface area contributed by atoms with Crippen LogP contribution in [0.4, 0.5) is 11.4 Å². The summed E-state index contributed by atoms with van der Waals surface area (Å²) >= 11 is 0. The molecule has 0 spiro atoms. The summed E-state index contributed by atoms with van der Waals surface area (Å²) in [5, 5.41) is 27.0. The molecule has 0 aromatic heterocycles. The standard InChI is InChI=1S/C44H40N2O2/c1-45(2)37-21-17-31(18-22-37)43(39-25-33-9-5-7-11-35(33)27-41(39)47)29-13-15-30(16-14-29)44(32-19-23-38(24-20-32)46(3)4)40-26-34-10-6-8-12-36(34)28-42(40)48/h5-28,43-44,47-48H,1-4H3. The van der Waals surface area contributed by atoms with E-state index in [1.165, 1.54) is 0 Å². The highest BCUT2D eigenvalue weighted by Crippen LogP contribution is 2.43. The maximum absolute atomic E-state index is 11.4. The molecular formula is C44H40N2O2. The smallest absolute Gasteiger partial charge is 0.120 e. The summed E-state index contributed by atoms with van der Waals surface area (Å²) < 4.78 is 0. The van der Waals surface area contributed by atoms with Crippen LogP contribution in [0.15, 0.2) is 146 Å². The summed E-state index contributed by atoms with van der Waals surface area (Å²) in [7, 11) is 8.16. The highest BCUT2D eigenvalue weighted by Gasteiger charge is 2.24. The monoisotopic (exact) mass is 628 g/mol. The fourth-order valence-corrected chi connectivity index (χ4v) is 6.87. The number of hydrogen-bond acceptors (Lipinski definition) is 4. The summed E-state index contributed by atoms with van der Waals surface area (Å²) in [6.45, 7) is 0. The van der Waals surface area contributed by atoms with Crippen molar-refractivity contribution in [2.24, 2.45) is 0 Å². The number of phenolic OH excluding ortho intramolecular Hbond substituents is 2. The molecule has 0 bridgehead atoms. The van der Waals surface area contributed by atoms with Gasteiger partial charge in [-0.3, -0.25) is 0 Å². The molecule has 0 heterocycles. The molecule has 0 saturated heterocycles. The lowest BCUT2D eigenvalue weighted by Crippen LogP contribution is -2.10. The number of nitrogens with zero attached hydrogens (tertiary/aromatic N) is 2. The van der Waals surface area contributed by atoms with E-state index in [-0.39, 0.29) is 23.3 Å². The van der Waals surface area contributed by atoms with Gasteiger partial charge in [0.05, 0.1) is 0 Å². The van der Waals surface area contributed by atoms with Gasteiger partial charge in [0, 0.05) is 62.5 Å². The van der Waals surface area contributed by atoms with Crippen LogP contribution in [0.3, 0.4) is 0 Å². The second kappa shape index (κ2) is 12.8. The molecule has 0 radical (unpaired) electrons. The SMILES string of the molecule is CN(C)c1ccc(C(c2ccc(C(c3ccc(N(C)C)cc3)c3cc4ccccc4cc3O)cc2)c2cc3ccccc3cc2O)cc1. The zero-order valence-corrected chi connectivity index (χ0v) is 27.8. The molecule has 0 aliphatic carbocycles. The second-order valence-electron chi connectivity index (χ2n) is 13.0. The summed E-state index contributed by atoms with van der Waals surface area (Å²) in [6.07, 6.45) is 0. The molecule has 0 amide bonds. The number of aromatic hydroxyl groups is 2. The predicted molar refractivity (Wildman–Crippen MR) is 201 cm³/mol. The van der Waals surface area contributed by atoms with E-state index in [1.807, 2.05) is 76.7 Å². The van der Waals surface area contributed by atoms with E-state index in [9.17, 15) is 10.2 Å². The van der Waals surface area contributed by atoms with Crippen LogP contribution in [0.2, 0.25) is 0 Å². The Hall–Kier alpha value is -5.74. The zero-order valence-electron chi connectivity index (χ0n) is 27.8. The van der Waals surface area contributed by atoms with Crippen LogP contribution in [-0.2, 0) is 0 Å². The number of benzene rings is 7. The van der Waals surface area contributed by atoms with E-state index in [0.717, 1.165) is 66.3 Å². The van der Waals surface area contributed by atoms with Gasteiger partial charge in [-0.05, 0) is 92.3 Å². The van der Waals surface area contributed by atoms with Crippen molar-refractivity contribution in [3.8, 4) is 11.5 Å². The van der Waals surface area contributed by atoms with Crippen LogP contribution in [0.5, 0.6) is 11.5 Å². The molecule has 7 aromatic rings. The van der Waals surface area contributed by atoms with Gasteiger partial charge in [-0.1, -0.05) is 97.1 Å². The van der Waals surface area contributed by atoms with Gasteiger partial charge in [-0.15, -0.1) is 0 Å². The van der Waals surface area contributed by atoms with Crippen molar-refractivity contribution in [2.75, 3.05) is 38.0 Å². The molecule has 2 atom stereocenters. The molecule has 0 aliphatic rings. The minimum atomic E-state index is -0.188. The Morgan fingerprint density at radius 1 is 0.375 bits per heavy atom. The first kappa shape index (κ1) is 30.9. The molecule has 7 aromatic carbocycles. The summed E-state index contributed by atoms with van der Waals surface area (Å²) in [6, 6.07) is 50.1. The first-order chi connectivity index (χ1) is 23.3. The topological polar surface area (TPSA) is 46.9 Å². The molecular weight excluding hydrogens is 588 g/mol. The highest BCUT2D eigenvalue weighted by molar-refractivity contribution is 5.86. The van der Waals surface area contributed by atoms with Crippen molar-refractivity contribution in [2.45, 2.75) is 11.8 Å². The summed E-state index contributed by atoms with van der Waals surface area (Å²) in [4.78, 5) is 4.18. The van der Waals surface area contributed by atoms with Gasteiger partial charge in [0.25, 0.3) is 0 Å². The minimum absolute atomic E-state index is 0.188. The van der Waals surface area contributed by atoms with E-state index in [4.69, 9.17) is 0 Å². The van der Waals surface area contributed by atoms with Crippen molar-refractivity contribution in [3.63, 3.8) is 0 Å². The Kier molecular flexibility index (Phi) is 8.24. The first-order valence-electron chi connectivity index (χ1n) is 16.3. The van der Waals surface area contributed by atoms with Crippen LogP contribution in [0.25, 0.3) is 21.5 Å². The van der Waals surface area contributed by atoms with E-state index in [2.05, 4.69) is 107 Å². The summed E-state index contributed by atoms with van der Waals surface area (Å²) in [5.41, 5.74) is 8.31. The Labute approximate surface area is 282 Å². The molecule has 2 N–H and O–H groups in total. The van der Waals surface area contributed by atoms with Crippen LogP contribution in [0.1, 0.15) is 45.2 Å². The van der Waals surface area contributed by atoms with Crippen molar-refractivity contribution < 1.29 is 10.2 Å². The van der Waals surface area contributed by atoms with Crippen molar-refractivity contribution >= 4 is 32.9 Å². The number of hydrogen-bond donors (Lipinski definition) is 2. The van der Waals surface area contributed by atoms with Crippen molar-refractivity contribution in [1.82, 2.24) is 0 Å². The molecule has 4 nitrogen and oxygen atoms in total. The van der Waals surface area contributed by atoms with E-state index < -0.39 is 0 Å². The second-order valence-corrected chi connectivity index (χ2v) is 13.0. The average Bonchev–Trinajstić information content (AvgIpc) is 3.10. The Balaban J connectivity index is 1.37. The highest BCUT2D eigenvalue weighted by atomic mass is 16.3. The van der Waals surface area contributed by atoms with Gasteiger partial charge >= 0.3 is 0 Å². The molecule has 0 fully saturated rings. The first-order valence-corrected chi connectivity index (χ1v) is 16.3. The van der Waals surface area contributed by atoms with Crippen LogP contribution in [-0.4, -0.2) is 38.4 Å². The van der Waals surface area contributed by atoms with Crippen molar-refractivity contribution in [3.05, 3.63) is 179 Å². The maximum atomic E-state index is 11.4. The van der Waals surface area contributed by atoms with Crippen LogP contribution >= 0.6 is 0 Å². The summed E-state index contributed by atoms with van der Waals surface area (Å²) in [5.74, 6) is 0.178. The van der Waals surface area contributed by atoms with E-state index in [0.29, 0.717) is 0 Å². The normalized spacial score (nSPS) is 12.6. The third-order valence-corrected chi connectivity index (χ3v) is 9.50. The van der Waals surface area contributed by atoms with Gasteiger partial charge in [-0.25, -0.2) is 0 Å². The van der Waals surface area contributed by atoms with Gasteiger partial charge in [0.1, 0.15) is 11.5 Å². The third-order valence-electron chi connectivity index (χ3n) is 9.50. The Bertz CT molecular complexity index is 2040. The number of fused-ring (bicyclic) bond motifs is 2. The zero-order chi connectivity index (χ0) is 33.4. The number of phenols is 2. The lowest BCUT2D eigenvalue weighted by Gasteiger charge is -2.24. The third kappa shape index (κ3) is 5.93. The molecule has 238 valence electrons. The molecule has 2 unspecified atom stereocenters. The molecule has 7 rings (SSSR count). The average molecular weight is 629 g/mol. The van der Waals surface area contributed by atoms with Crippen molar-refractivity contribution in [1.29, 1.82) is 0 Å². The van der Waals surface area contributed by atoms with E-state index in [1.54, 1.807) is 0 Å². The number of anilines is 2. The molecule has 48 heavy (non-hydrogen) atoms. The molecule has 0 saturated carbocycles. The van der Waals surface area contributed by atoms with Gasteiger partial charge in [0.2, 0.25) is 0 Å². The van der Waals surface area contributed by atoms with Crippen LogP contribution < -0.4 is 9.80 Å². The molecule has 0 aliphatic heterocycles.